The van der Waals surface area contributed by atoms with E-state index in [2.05, 4.69) is 4.37 Å². The lowest BCUT2D eigenvalue weighted by atomic mass is 10.2. The minimum absolute atomic E-state index is 0.183. The van der Waals surface area contributed by atoms with Gasteiger partial charge in [-0.25, -0.2) is 4.37 Å². The lowest BCUT2D eigenvalue weighted by Crippen LogP contribution is -2.19. The van der Waals surface area contributed by atoms with Crippen LogP contribution in [0.3, 0.4) is 0 Å². The van der Waals surface area contributed by atoms with E-state index in [0.29, 0.717) is 0 Å². The highest BCUT2D eigenvalue weighted by atomic mass is 32.1. The highest BCUT2D eigenvalue weighted by Crippen LogP contribution is 2.16. The number of nitrogens with two attached hydrogens (primary N) is 2. The van der Waals surface area contributed by atoms with Gasteiger partial charge < -0.3 is 11.5 Å². The number of amides is 1. The van der Waals surface area contributed by atoms with Crippen LogP contribution in [0.2, 0.25) is 0 Å². The van der Waals surface area contributed by atoms with E-state index in [1.807, 2.05) is 0 Å². The van der Waals surface area contributed by atoms with Gasteiger partial charge in [-0.2, -0.15) is 0 Å². The van der Waals surface area contributed by atoms with Gasteiger partial charge in [-0.05, 0) is 17.6 Å². The average Bonchev–Trinajstić information content (AvgIpc) is 2.35. The van der Waals surface area contributed by atoms with Crippen molar-refractivity contribution in [2.24, 2.45) is 11.5 Å². The summed E-state index contributed by atoms with van der Waals surface area (Å²) in [6, 6.07) is 1.50. The van der Waals surface area contributed by atoms with Crippen molar-refractivity contribution in [3.8, 4) is 0 Å². The molecule has 0 spiro atoms. The third-order valence-corrected chi connectivity index (χ3v) is 2.12. The zero-order chi connectivity index (χ0) is 8.27. The van der Waals surface area contributed by atoms with Gasteiger partial charge in [-0.15, -0.1) is 0 Å². The Labute approximate surface area is 68.4 Å². The Morgan fingerprint density at radius 3 is 3.00 bits per heavy atom. The van der Waals surface area contributed by atoms with Gasteiger partial charge in [0.05, 0.1) is 0 Å². The van der Waals surface area contributed by atoms with Crippen molar-refractivity contribution in [3.05, 3.63) is 17.1 Å². The smallest absolute Gasteiger partial charge is 0.219 e. The third kappa shape index (κ3) is 2.28. The summed E-state index contributed by atoms with van der Waals surface area (Å²) >= 11 is 1.29. The van der Waals surface area contributed by atoms with Gasteiger partial charge in [-0.3, -0.25) is 4.79 Å². The van der Waals surface area contributed by atoms with Crippen molar-refractivity contribution in [2.75, 3.05) is 0 Å². The van der Waals surface area contributed by atoms with Crippen molar-refractivity contribution in [3.63, 3.8) is 0 Å². The van der Waals surface area contributed by atoms with Crippen LogP contribution in [0.25, 0.3) is 0 Å². The second-order valence-electron chi connectivity index (χ2n) is 2.19. The number of hydrogen-bond acceptors (Lipinski definition) is 4. The van der Waals surface area contributed by atoms with E-state index in [0.717, 1.165) is 4.88 Å². The topological polar surface area (TPSA) is 82.0 Å². The minimum atomic E-state index is -0.383. The first-order chi connectivity index (χ1) is 5.20. The van der Waals surface area contributed by atoms with E-state index in [9.17, 15) is 4.79 Å². The normalized spacial score (nSPS) is 12.8. The summed E-state index contributed by atoms with van der Waals surface area (Å²) in [4.78, 5) is 11.3. The predicted octanol–water partition coefficient (Wildman–Crippen LogP) is 0.0183. The molecule has 0 saturated carbocycles. The van der Waals surface area contributed by atoms with Crippen LogP contribution in [0.15, 0.2) is 12.3 Å². The SMILES string of the molecule is NC(=O)CC(N)c1ccns1. The molecule has 0 fully saturated rings. The first kappa shape index (κ1) is 8.16. The van der Waals surface area contributed by atoms with Crippen LogP contribution in [0, 0.1) is 0 Å². The summed E-state index contributed by atoms with van der Waals surface area (Å²) in [6.45, 7) is 0. The van der Waals surface area contributed by atoms with Gasteiger partial charge >= 0.3 is 0 Å². The number of carbonyl (C=O) groups excluding carboxylic acids is 1. The fourth-order valence-corrected chi connectivity index (χ4v) is 1.32. The first-order valence-electron chi connectivity index (χ1n) is 3.14. The minimum Gasteiger partial charge on any atom is -0.370 e. The molecule has 1 aromatic rings. The van der Waals surface area contributed by atoms with Crippen molar-refractivity contribution in [1.82, 2.24) is 4.37 Å². The summed E-state index contributed by atoms with van der Waals surface area (Å²) in [6.07, 6.45) is 1.84. The highest BCUT2D eigenvalue weighted by molar-refractivity contribution is 7.05. The van der Waals surface area contributed by atoms with Crippen LogP contribution >= 0.6 is 11.5 Å². The maximum Gasteiger partial charge on any atom is 0.219 e. The lowest BCUT2D eigenvalue weighted by molar-refractivity contribution is -0.118. The highest BCUT2D eigenvalue weighted by Gasteiger charge is 2.09. The fourth-order valence-electron chi connectivity index (χ4n) is 0.734. The number of nitrogens with zero attached hydrogens (tertiary/aromatic N) is 1. The molecule has 1 heterocycles. The van der Waals surface area contributed by atoms with Gasteiger partial charge in [0.25, 0.3) is 0 Å². The van der Waals surface area contributed by atoms with Crippen LogP contribution < -0.4 is 11.5 Å². The van der Waals surface area contributed by atoms with Gasteiger partial charge in [0.15, 0.2) is 0 Å². The summed E-state index contributed by atoms with van der Waals surface area (Å²) in [7, 11) is 0. The Morgan fingerprint density at radius 2 is 2.55 bits per heavy atom. The van der Waals surface area contributed by atoms with E-state index < -0.39 is 0 Å². The third-order valence-electron chi connectivity index (χ3n) is 1.24. The quantitative estimate of drug-likeness (QED) is 0.672. The molecule has 0 saturated heterocycles. The Balaban J connectivity index is 2.56. The number of aromatic nitrogens is 1. The largest absolute Gasteiger partial charge is 0.370 e. The van der Waals surface area contributed by atoms with Gasteiger partial charge in [0, 0.05) is 23.5 Å². The molecular formula is C6H9N3OS. The second kappa shape index (κ2) is 3.45. The molecule has 1 atom stereocenters. The average molecular weight is 171 g/mol. The number of hydrogen-bond donors (Lipinski definition) is 2. The van der Waals surface area contributed by atoms with Crippen molar-refractivity contribution < 1.29 is 4.79 Å². The summed E-state index contributed by atoms with van der Waals surface area (Å²) in [5, 5.41) is 0. The Kier molecular flexibility index (Phi) is 2.56. The van der Waals surface area contributed by atoms with E-state index in [-0.39, 0.29) is 18.4 Å². The van der Waals surface area contributed by atoms with E-state index in [1.165, 1.54) is 11.5 Å². The molecule has 5 heteroatoms. The standard InChI is InChI=1S/C6H9N3OS/c7-4(3-6(8)10)5-1-2-9-11-5/h1-2,4H,3,7H2,(H2,8,10). The molecule has 0 bridgehead atoms. The molecule has 4 nitrogen and oxygen atoms in total. The second-order valence-corrected chi connectivity index (χ2v) is 3.06. The zero-order valence-electron chi connectivity index (χ0n) is 5.86. The monoisotopic (exact) mass is 171 g/mol. The maximum atomic E-state index is 10.4. The van der Waals surface area contributed by atoms with Crippen LogP contribution in [-0.4, -0.2) is 10.3 Å². The van der Waals surface area contributed by atoms with Crippen molar-refractivity contribution in [1.29, 1.82) is 0 Å². The zero-order valence-corrected chi connectivity index (χ0v) is 6.67. The molecule has 1 unspecified atom stereocenters. The van der Waals surface area contributed by atoms with Crippen LogP contribution in [0.4, 0.5) is 0 Å². The van der Waals surface area contributed by atoms with Gasteiger partial charge in [-0.1, -0.05) is 0 Å². The molecule has 1 amide bonds. The van der Waals surface area contributed by atoms with Crippen LogP contribution in [0.1, 0.15) is 17.3 Å². The molecular weight excluding hydrogens is 162 g/mol. The Bertz CT molecular complexity index is 234. The number of primary amides is 1. The molecule has 4 N–H and O–H groups in total. The summed E-state index contributed by atoms with van der Waals surface area (Å²) < 4.78 is 3.86. The molecule has 11 heavy (non-hydrogen) atoms. The molecule has 0 radical (unpaired) electrons. The van der Waals surface area contributed by atoms with Crippen LogP contribution in [-0.2, 0) is 4.79 Å². The van der Waals surface area contributed by atoms with E-state index in [1.54, 1.807) is 12.3 Å². The summed E-state index contributed by atoms with van der Waals surface area (Å²) in [5.74, 6) is -0.383. The Hall–Kier alpha value is -0.940. The Morgan fingerprint density at radius 1 is 1.82 bits per heavy atom. The van der Waals surface area contributed by atoms with Crippen molar-refractivity contribution in [2.45, 2.75) is 12.5 Å². The molecule has 1 aromatic heterocycles. The molecule has 0 aliphatic rings. The number of carbonyl (C=O) groups is 1. The fraction of sp³-hybridized carbons (Fsp3) is 0.333. The lowest BCUT2D eigenvalue weighted by Gasteiger charge is -2.03. The summed E-state index contributed by atoms with van der Waals surface area (Å²) in [5.41, 5.74) is 10.6. The van der Waals surface area contributed by atoms with Gasteiger partial charge in [0.2, 0.25) is 5.91 Å². The van der Waals surface area contributed by atoms with E-state index in [4.69, 9.17) is 11.5 Å². The number of rotatable bonds is 3. The van der Waals surface area contributed by atoms with Gasteiger partial charge in [0.1, 0.15) is 0 Å². The molecule has 0 aliphatic heterocycles. The van der Waals surface area contributed by atoms with Crippen LogP contribution in [0.5, 0.6) is 0 Å². The molecule has 0 aromatic carbocycles. The molecule has 0 aliphatic carbocycles. The predicted molar refractivity (Wildman–Crippen MR) is 42.9 cm³/mol. The first-order valence-corrected chi connectivity index (χ1v) is 3.92. The van der Waals surface area contributed by atoms with E-state index >= 15 is 0 Å². The molecule has 1 rings (SSSR count). The van der Waals surface area contributed by atoms with Crippen molar-refractivity contribution >= 4 is 17.4 Å². The maximum absolute atomic E-state index is 10.4. The molecule has 60 valence electrons.